The van der Waals surface area contributed by atoms with Crippen molar-refractivity contribution in [1.82, 2.24) is 0 Å². The Bertz CT molecular complexity index is 552. The van der Waals surface area contributed by atoms with Crippen molar-refractivity contribution in [3.05, 3.63) is 56.7 Å². The second-order valence-corrected chi connectivity index (χ2v) is 7.76. The van der Waals surface area contributed by atoms with Crippen LogP contribution in [0.15, 0.2) is 36.4 Å². The van der Waals surface area contributed by atoms with Gasteiger partial charge in [-0.25, -0.2) is 0 Å². The minimum atomic E-state index is -0.0130. The van der Waals surface area contributed by atoms with E-state index in [-0.39, 0.29) is 10.8 Å². The molecule has 0 aliphatic rings. The first-order valence-corrected chi connectivity index (χ1v) is 7.98. The molecule has 1 aromatic heterocycles. The number of thiophene rings is 1. The zero-order valence-electron chi connectivity index (χ0n) is 11.4. The van der Waals surface area contributed by atoms with Crippen molar-refractivity contribution in [2.45, 2.75) is 38.0 Å². The molecule has 0 bridgehead atoms. The second-order valence-electron chi connectivity index (χ2n) is 5.72. The molecular weight excluding hydrogens is 295 g/mol. The Hall–Kier alpha value is -0.500. The third-order valence-electron chi connectivity index (χ3n) is 3.03. The quantitative estimate of drug-likeness (QED) is 0.590. The third-order valence-corrected chi connectivity index (χ3v) is 5.54. The number of hydrogen-bond acceptors (Lipinski definition) is 1. The van der Waals surface area contributed by atoms with Crippen LogP contribution in [0.5, 0.6) is 0 Å². The third kappa shape index (κ3) is 3.75. The minimum absolute atomic E-state index is 0.0130. The highest BCUT2D eigenvalue weighted by molar-refractivity contribution is 7.12. The lowest BCUT2D eigenvalue weighted by Gasteiger charge is -2.15. The molecule has 1 unspecified atom stereocenters. The molecule has 3 heteroatoms. The van der Waals surface area contributed by atoms with Crippen molar-refractivity contribution < 1.29 is 0 Å². The van der Waals surface area contributed by atoms with Crippen molar-refractivity contribution in [3.8, 4) is 0 Å². The van der Waals surface area contributed by atoms with Crippen LogP contribution in [0.3, 0.4) is 0 Å². The van der Waals surface area contributed by atoms with Crippen LogP contribution < -0.4 is 0 Å². The predicted octanol–water partition coefficient (Wildman–Crippen LogP) is 6.22. The molecule has 0 radical (unpaired) electrons. The molecule has 0 aliphatic heterocycles. The van der Waals surface area contributed by atoms with Crippen LogP contribution in [0.25, 0.3) is 0 Å². The smallest absolute Gasteiger partial charge is 0.0719 e. The number of hydrogen-bond donors (Lipinski definition) is 0. The molecule has 1 heterocycles. The fraction of sp³-hybridized carbons (Fsp3) is 0.375. The topological polar surface area (TPSA) is 0 Å². The summed E-state index contributed by atoms with van der Waals surface area (Å²) < 4.78 is 0. The summed E-state index contributed by atoms with van der Waals surface area (Å²) in [6, 6.07) is 12.2. The van der Waals surface area contributed by atoms with E-state index in [2.05, 4.69) is 32.9 Å². The van der Waals surface area contributed by atoms with Crippen LogP contribution in [0.2, 0.25) is 5.02 Å². The van der Waals surface area contributed by atoms with Crippen molar-refractivity contribution in [2.24, 2.45) is 0 Å². The predicted molar refractivity (Wildman–Crippen MR) is 86.8 cm³/mol. The minimum Gasteiger partial charge on any atom is -0.143 e. The Morgan fingerprint density at radius 1 is 1.11 bits per heavy atom. The van der Waals surface area contributed by atoms with Crippen LogP contribution in [-0.4, -0.2) is 0 Å². The van der Waals surface area contributed by atoms with E-state index in [0.29, 0.717) is 0 Å². The van der Waals surface area contributed by atoms with Crippen molar-refractivity contribution >= 4 is 34.5 Å². The van der Waals surface area contributed by atoms with Gasteiger partial charge in [-0.2, -0.15) is 0 Å². The van der Waals surface area contributed by atoms with E-state index in [1.165, 1.54) is 9.75 Å². The van der Waals surface area contributed by atoms with Gasteiger partial charge in [-0.1, -0.05) is 50.6 Å². The SMILES string of the molecule is CC(C)(C)c1ccc(C(Cl)Cc2ccccc2Cl)s1. The number of rotatable bonds is 3. The molecule has 1 atom stereocenters. The summed E-state index contributed by atoms with van der Waals surface area (Å²) in [5.74, 6) is 0. The molecule has 102 valence electrons. The van der Waals surface area contributed by atoms with Crippen molar-refractivity contribution in [2.75, 3.05) is 0 Å². The summed E-state index contributed by atoms with van der Waals surface area (Å²) in [6.07, 6.45) is 0.769. The van der Waals surface area contributed by atoms with Gasteiger partial charge in [0.15, 0.2) is 0 Å². The Kier molecular flexibility index (Phi) is 4.60. The maximum Gasteiger partial charge on any atom is 0.0719 e. The monoisotopic (exact) mass is 312 g/mol. The summed E-state index contributed by atoms with van der Waals surface area (Å²) in [5, 5.41) is 0.779. The first kappa shape index (κ1) is 14.9. The zero-order valence-corrected chi connectivity index (χ0v) is 13.7. The van der Waals surface area contributed by atoms with Gasteiger partial charge in [-0.15, -0.1) is 22.9 Å². The van der Waals surface area contributed by atoms with Crippen LogP contribution in [0.4, 0.5) is 0 Å². The van der Waals surface area contributed by atoms with Gasteiger partial charge in [0.05, 0.1) is 5.38 Å². The Balaban J connectivity index is 2.15. The molecule has 19 heavy (non-hydrogen) atoms. The second kappa shape index (κ2) is 5.87. The Morgan fingerprint density at radius 3 is 2.37 bits per heavy atom. The highest BCUT2D eigenvalue weighted by Crippen LogP contribution is 2.36. The number of benzene rings is 1. The molecule has 2 aromatic rings. The molecule has 0 saturated heterocycles. The Morgan fingerprint density at radius 2 is 1.79 bits per heavy atom. The van der Waals surface area contributed by atoms with Gasteiger partial charge in [0.1, 0.15) is 0 Å². The molecule has 0 nitrogen and oxygen atoms in total. The van der Waals surface area contributed by atoms with E-state index in [4.69, 9.17) is 23.2 Å². The molecule has 2 rings (SSSR count). The van der Waals surface area contributed by atoms with Gasteiger partial charge in [0, 0.05) is 14.8 Å². The first-order chi connectivity index (χ1) is 8.88. The summed E-state index contributed by atoms with van der Waals surface area (Å²) in [4.78, 5) is 2.58. The van der Waals surface area contributed by atoms with Gasteiger partial charge < -0.3 is 0 Å². The van der Waals surface area contributed by atoms with Crippen LogP contribution in [0, 0.1) is 0 Å². The summed E-state index contributed by atoms with van der Waals surface area (Å²) in [5.41, 5.74) is 1.29. The first-order valence-electron chi connectivity index (χ1n) is 6.35. The number of alkyl halides is 1. The molecule has 0 amide bonds. The lowest BCUT2D eigenvalue weighted by atomic mass is 9.95. The lowest BCUT2D eigenvalue weighted by Crippen LogP contribution is -2.07. The number of halogens is 2. The van der Waals surface area contributed by atoms with Gasteiger partial charge in [0.2, 0.25) is 0 Å². The zero-order chi connectivity index (χ0) is 14.0. The molecule has 0 N–H and O–H groups in total. The highest BCUT2D eigenvalue weighted by atomic mass is 35.5. The highest BCUT2D eigenvalue weighted by Gasteiger charge is 2.19. The maximum absolute atomic E-state index is 6.53. The van der Waals surface area contributed by atoms with E-state index < -0.39 is 0 Å². The largest absolute Gasteiger partial charge is 0.143 e. The Labute approximate surface area is 129 Å². The lowest BCUT2D eigenvalue weighted by molar-refractivity contribution is 0.604. The maximum atomic E-state index is 6.53. The normalized spacial score (nSPS) is 13.5. The molecule has 0 spiro atoms. The van der Waals surface area contributed by atoms with Gasteiger partial charge in [-0.05, 0) is 35.6 Å². The average molecular weight is 313 g/mol. The van der Waals surface area contributed by atoms with Crippen LogP contribution in [-0.2, 0) is 11.8 Å². The van der Waals surface area contributed by atoms with E-state index in [0.717, 1.165) is 17.0 Å². The van der Waals surface area contributed by atoms with Crippen molar-refractivity contribution in [3.63, 3.8) is 0 Å². The standard InChI is InChI=1S/C16H18Cl2S/c1-16(2,3)15-9-8-14(19-15)13(18)10-11-6-4-5-7-12(11)17/h4-9,13H,10H2,1-3H3. The summed E-state index contributed by atoms with van der Waals surface area (Å²) in [7, 11) is 0. The summed E-state index contributed by atoms with van der Waals surface area (Å²) >= 11 is 14.5. The van der Waals surface area contributed by atoms with Crippen LogP contribution in [0.1, 0.15) is 41.5 Å². The molecule has 0 saturated carbocycles. The fourth-order valence-corrected chi connectivity index (χ4v) is 3.51. The van der Waals surface area contributed by atoms with Gasteiger partial charge in [0.25, 0.3) is 0 Å². The van der Waals surface area contributed by atoms with E-state index >= 15 is 0 Å². The van der Waals surface area contributed by atoms with E-state index in [9.17, 15) is 0 Å². The fourth-order valence-electron chi connectivity index (χ4n) is 1.88. The van der Waals surface area contributed by atoms with Crippen LogP contribution >= 0.6 is 34.5 Å². The average Bonchev–Trinajstić information content (AvgIpc) is 2.81. The molecule has 0 fully saturated rings. The molecule has 0 aliphatic carbocycles. The molecule has 1 aromatic carbocycles. The van der Waals surface area contributed by atoms with Crippen molar-refractivity contribution in [1.29, 1.82) is 0 Å². The van der Waals surface area contributed by atoms with E-state index in [1.54, 1.807) is 11.3 Å². The molecular formula is C16H18Cl2S. The van der Waals surface area contributed by atoms with Gasteiger partial charge in [-0.3, -0.25) is 0 Å². The van der Waals surface area contributed by atoms with Gasteiger partial charge >= 0.3 is 0 Å². The summed E-state index contributed by atoms with van der Waals surface area (Å²) in [6.45, 7) is 6.67. The van der Waals surface area contributed by atoms with E-state index in [1.807, 2.05) is 24.3 Å².